The Bertz CT molecular complexity index is 1550. The van der Waals surface area contributed by atoms with Crippen molar-refractivity contribution in [3.05, 3.63) is 102 Å². The summed E-state index contributed by atoms with van der Waals surface area (Å²) in [5.41, 5.74) is 10.3. The first-order valence-electron chi connectivity index (χ1n) is 10.8. The number of rotatable bonds is 6. The second kappa shape index (κ2) is 9.52. The van der Waals surface area contributed by atoms with Gasteiger partial charge in [-0.05, 0) is 48.9 Å². The number of carbonyl (C=O) groups excluding carboxylic acids is 1. The average Bonchev–Trinajstić information content (AvgIpc) is 2.84. The second-order valence-electron chi connectivity index (χ2n) is 8.14. The zero-order chi connectivity index (χ0) is 25.2. The molecule has 4 aromatic rings. The van der Waals surface area contributed by atoms with Crippen molar-refractivity contribution in [2.24, 2.45) is 5.73 Å². The molecule has 0 aliphatic heterocycles. The molecule has 176 valence electrons. The van der Waals surface area contributed by atoms with Crippen LogP contribution in [0.5, 0.6) is 0 Å². The van der Waals surface area contributed by atoms with E-state index in [2.05, 4.69) is 10.3 Å². The van der Waals surface area contributed by atoms with Gasteiger partial charge in [0.1, 0.15) is 5.84 Å². The highest BCUT2D eigenvalue weighted by Crippen LogP contribution is 2.29. The summed E-state index contributed by atoms with van der Waals surface area (Å²) in [7, 11) is -3.39. The van der Waals surface area contributed by atoms with E-state index in [4.69, 9.17) is 11.1 Å². The number of carbonyl (C=O) groups is 1. The second-order valence-corrected chi connectivity index (χ2v) is 10.1. The predicted molar refractivity (Wildman–Crippen MR) is 138 cm³/mol. The summed E-state index contributed by atoms with van der Waals surface area (Å²) in [5.74, 6) is -0.409. The highest BCUT2D eigenvalue weighted by Gasteiger charge is 2.17. The third-order valence-corrected chi connectivity index (χ3v) is 6.62. The van der Waals surface area contributed by atoms with E-state index in [1.54, 1.807) is 78.9 Å². The first-order valence-corrected chi connectivity index (χ1v) is 12.7. The summed E-state index contributed by atoms with van der Waals surface area (Å²) in [6.45, 7) is 1.84. The molecule has 7 nitrogen and oxygen atoms in total. The van der Waals surface area contributed by atoms with E-state index < -0.39 is 9.84 Å². The Hall–Kier alpha value is -4.30. The van der Waals surface area contributed by atoms with Crippen LogP contribution in [0.15, 0.2) is 89.8 Å². The number of nitrogens with two attached hydrogens (primary N) is 1. The quantitative estimate of drug-likeness (QED) is 0.271. The van der Waals surface area contributed by atoms with Gasteiger partial charge in [-0.1, -0.05) is 48.5 Å². The minimum atomic E-state index is -3.39. The van der Waals surface area contributed by atoms with Crippen molar-refractivity contribution in [2.75, 3.05) is 11.6 Å². The van der Waals surface area contributed by atoms with Crippen molar-refractivity contribution >= 4 is 27.3 Å². The number of aryl methyl sites for hydroxylation is 1. The van der Waals surface area contributed by atoms with Gasteiger partial charge < -0.3 is 11.1 Å². The normalized spacial score (nSPS) is 11.1. The molecule has 4 rings (SSSR count). The molecule has 0 unspecified atom stereocenters. The fraction of sp³-hybridized carbons (Fsp3) is 0.0741. The van der Waals surface area contributed by atoms with Crippen molar-refractivity contribution in [1.29, 1.82) is 5.41 Å². The summed E-state index contributed by atoms with van der Waals surface area (Å²) in [6, 6.07) is 24.3. The number of amidine groups is 1. The number of hydrogen-bond acceptors (Lipinski definition) is 5. The molecule has 0 aliphatic rings. The summed E-state index contributed by atoms with van der Waals surface area (Å²) < 4.78 is 24.3. The van der Waals surface area contributed by atoms with Crippen LogP contribution in [0.25, 0.3) is 22.4 Å². The van der Waals surface area contributed by atoms with Crippen LogP contribution >= 0.6 is 0 Å². The zero-order valence-corrected chi connectivity index (χ0v) is 20.1. The van der Waals surface area contributed by atoms with Crippen molar-refractivity contribution in [1.82, 2.24) is 4.98 Å². The molecule has 35 heavy (non-hydrogen) atoms. The summed E-state index contributed by atoms with van der Waals surface area (Å²) >= 11 is 0. The molecule has 0 fully saturated rings. The third-order valence-electron chi connectivity index (χ3n) is 5.47. The lowest BCUT2D eigenvalue weighted by Gasteiger charge is -2.12. The molecule has 1 heterocycles. The first-order chi connectivity index (χ1) is 16.6. The molecule has 0 aliphatic carbocycles. The molecule has 0 radical (unpaired) electrons. The van der Waals surface area contributed by atoms with Gasteiger partial charge in [0, 0.05) is 34.3 Å². The fourth-order valence-corrected chi connectivity index (χ4v) is 4.67. The monoisotopic (exact) mass is 484 g/mol. The van der Waals surface area contributed by atoms with Gasteiger partial charge in [0.15, 0.2) is 9.84 Å². The van der Waals surface area contributed by atoms with E-state index in [-0.39, 0.29) is 16.6 Å². The van der Waals surface area contributed by atoms with Gasteiger partial charge in [-0.25, -0.2) is 8.42 Å². The summed E-state index contributed by atoms with van der Waals surface area (Å²) in [6.07, 6.45) is 1.18. The van der Waals surface area contributed by atoms with Crippen LogP contribution in [-0.2, 0) is 9.84 Å². The van der Waals surface area contributed by atoms with Crippen molar-refractivity contribution in [3.8, 4) is 22.4 Å². The highest BCUT2D eigenvalue weighted by molar-refractivity contribution is 7.90. The maximum Gasteiger partial charge on any atom is 0.257 e. The number of anilines is 1. The number of hydrogen-bond donors (Lipinski definition) is 3. The number of sulfone groups is 1. The van der Waals surface area contributed by atoms with Gasteiger partial charge in [-0.3, -0.25) is 15.2 Å². The maximum atomic E-state index is 13.2. The molecule has 8 heteroatoms. The van der Waals surface area contributed by atoms with Crippen molar-refractivity contribution in [2.45, 2.75) is 11.8 Å². The average molecular weight is 485 g/mol. The smallest absolute Gasteiger partial charge is 0.257 e. The number of amides is 1. The van der Waals surface area contributed by atoms with Crippen LogP contribution in [0.1, 0.15) is 21.6 Å². The van der Waals surface area contributed by atoms with Crippen LogP contribution < -0.4 is 11.1 Å². The van der Waals surface area contributed by atoms with Gasteiger partial charge in [-0.2, -0.15) is 0 Å². The van der Waals surface area contributed by atoms with Gasteiger partial charge in [0.05, 0.1) is 16.2 Å². The first kappa shape index (κ1) is 23.8. The van der Waals surface area contributed by atoms with Gasteiger partial charge in [0.2, 0.25) is 0 Å². The fourth-order valence-electron chi connectivity index (χ4n) is 3.75. The predicted octanol–water partition coefficient (Wildman–Crippen LogP) is 4.66. The Balaban J connectivity index is 1.64. The van der Waals surface area contributed by atoms with Crippen LogP contribution in [0.2, 0.25) is 0 Å². The lowest BCUT2D eigenvalue weighted by atomic mass is 10.0. The molecule has 0 atom stereocenters. The van der Waals surface area contributed by atoms with Gasteiger partial charge >= 0.3 is 0 Å². The largest absolute Gasteiger partial charge is 0.384 e. The number of pyridine rings is 1. The van der Waals surface area contributed by atoms with E-state index in [1.165, 1.54) is 6.26 Å². The Morgan fingerprint density at radius 3 is 2.31 bits per heavy atom. The third kappa shape index (κ3) is 5.28. The van der Waals surface area contributed by atoms with Crippen LogP contribution in [-0.4, -0.2) is 31.4 Å². The Kier molecular flexibility index (Phi) is 6.48. The number of aromatic nitrogens is 1. The van der Waals surface area contributed by atoms with Gasteiger partial charge in [0.25, 0.3) is 5.91 Å². The number of benzene rings is 3. The molecule has 0 saturated heterocycles. The molecule has 0 saturated carbocycles. The summed E-state index contributed by atoms with van der Waals surface area (Å²) in [5, 5.41) is 10.6. The summed E-state index contributed by atoms with van der Waals surface area (Å²) in [4.78, 5) is 18.0. The van der Waals surface area contributed by atoms with Crippen LogP contribution in [0, 0.1) is 12.3 Å². The number of nitrogen functional groups attached to an aromatic ring is 1. The topological polar surface area (TPSA) is 126 Å². The highest BCUT2D eigenvalue weighted by atomic mass is 32.2. The Morgan fingerprint density at radius 2 is 1.63 bits per heavy atom. The standard InChI is InChI=1S/C27H24N4O3S/c1-17-10-15-23(25(30-17)19-6-5-7-20(16-19)26(28)29)27(32)31-21-13-11-18(12-14-21)22-8-3-4-9-24(22)35(2,33)34/h3-16H,1-2H3,(H3,28,29)(H,31,32). The van der Waals surface area contributed by atoms with E-state index in [0.29, 0.717) is 33.6 Å². The zero-order valence-electron chi connectivity index (χ0n) is 19.2. The molecule has 0 spiro atoms. The SMILES string of the molecule is Cc1ccc(C(=O)Nc2ccc(-c3ccccc3S(C)(=O)=O)cc2)c(-c2cccc(C(=N)N)c2)n1. The Labute approximate surface area is 204 Å². The lowest BCUT2D eigenvalue weighted by molar-refractivity contribution is 0.102. The van der Waals surface area contributed by atoms with Gasteiger partial charge in [-0.15, -0.1) is 0 Å². The molecule has 3 aromatic carbocycles. The van der Waals surface area contributed by atoms with E-state index in [9.17, 15) is 13.2 Å². The lowest BCUT2D eigenvalue weighted by Crippen LogP contribution is -2.15. The van der Waals surface area contributed by atoms with Crippen molar-refractivity contribution in [3.63, 3.8) is 0 Å². The van der Waals surface area contributed by atoms with Crippen LogP contribution in [0.4, 0.5) is 5.69 Å². The molecule has 1 amide bonds. The molecular weight excluding hydrogens is 460 g/mol. The van der Waals surface area contributed by atoms with Crippen molar-refractivity contribution < 1.29 is 13.2 Å². The van der Waals surface area contributed by atoms with Crippen LogP contribution in [0.3, 0.4) is 0 Å². The number of nitrogens with one attached hydrogen (secondary N) is 2. The minimum Gasteiger partial charge on any atom is -0.384 e. The van der Waals surface area contributed by atoms with E-state index in [0.717, 1.165) is 11.3 Å². The van der Waals surface area contributed by atoms with E-state index in [1.807, 2.05) is 13.0 Å². The molecule has 1 aromatic heterocycles. The molecule has 4 N–H and O–H groups in total. The minimum absolute atomic E-state index is 0.0666. The maximum absolute atomic E-state index is 13.2. The van der Waals surface area contributed by atoms with E-state index >= 15 is 0 Å². The molecule has 0 bridgehead atoms. The number of nitrogens with zero attached hydrogens (tertiary/aromatic N) is 1. The Morgan fingerprint density at radius 1 is 0.914 bits per heavy atom. The molecular formula is C27H24N4O3S.